The summed E-state index contributed by atoms with van der Waals surface area (Å²) in [5.74, 6) is -0.215. The van der Waals surface area contributed by atoms with Gasteiger partial charge >= 0.3 is 0 Å². The van der Waals surface area contributed by atoms with Crippen LogP contribution >= 0.6 is 11.6 Å². The monoisotopic (exact) mass is 257 g/mol. The fraction of sp³-hybridized carbons (Fsp3) is 0.571. The second kappa shape index (κ2) is 7.67. The molecule has 1 rings (SSSR count). The Balaban J connectivity index is 2.57. The van der Waals surface area contributed by atoms with E-state index in [-0.39, 0.29) is 5.82 Å². The van der Waals surface area contributed by atoms with E-state index in [1.54, 1.807) is 6.07 Å². The first kappa shape index (κ1) is 14.5. The molecule has 1 aromatic carbocycles. The van der Waals surface area contributed by atoms with Crippen molar-refractivity contribution in [1.29, 1.82) is 0 Å². The Bertz CT molecular complexity index is 341. The molecule has 1 nitrogen and oxygen atoms in total. The number of rotatable bonds is 7. The molecule has 0 spiro atoms. The van der Waals surface area contributed by atoms with Gasteiger partial charge in [-0.25, -0.2) is 4.39 Å². The van der Waals surface area contributed by atoms with E-state index in [0.29, 0.717) is 11.1 Å². The topological polar surface area (TPSA) is 12.0 Å². The lowest BCUT2D eigenvalue weighted by Crippen LogP contribution is -2.27. The maximum absolute atomic E-state index is 13.1. The lowest BCUT2D eigenvalue weighted by Gasteiger charge is -2.16. The predicted molar refractivity (Wildman–Crippen MR) is 72.1 cm³/mol. The van der Waals surface area contributed by atoms with Crippen LogP contribution in [0.25, 0.3) is 0 Å². The first-order chi connectivity index (χ1) is 8.17. The molecule has 96 valence electrons. The van der Waals surface area contributed by atoms with Crippen molar-refractivity contribution in [2.75, 3.05) is 7.05 Å². The van der Waals surface area contributed by atoms with Crippen LogP contribution in [0.3, 0.4) is 0 Å². The van der Waals surface area contributed by atoms with Gasteiger partial charge in [-0.05, 0) is 43.7 Å². The second-order valence-electron chi connectivity index (χ2n) is 4.42. The number of likely N-dealkylation sites (N-methyl/N-ethyl adjacent to an activating group) is 1. The highest BCUT2D eigenvalue weighted by Gasteiger charge is 2.10. The number of benzene rings is 1. The Morgan fingerprint density at radius 3 is 2.76 bits per heavy atom. The van der Waals surface area contributed by atoms with Crippen molar-refractivity contribution in [2.24, 2.45) is 0 Å². The third kappa shape index (κ3) is 5.05. The van der Waals surface area contributed by atoms with Gasteiger partial charge in [0.2, 0.25) is 0 Å². The number of hydrogen-bond donors (Lipinski definition) is 1. The summed E-state index contributed by atoms with van der Waals surface area (Å²) < 4.78 is 13.1. The van der Waals surface area contributed by atoms with Crippen LogP contribution in [0.1, 0.15) is 38.2 Å². The van der Waals surface area contributed by atoms with Crippen LogP contribution in [0.5, 0.6) is 0 Å². The zero-order valence-electron chi connectivity index (χ0n) is 10.6. The third-order valence-corrected chi connectivity index (χ3v) is 3.41. The van der Waals surface area contributed by atoms with Crippen molar-refractivity contribution in [3.8, 4) is 0 Å². The summed E-state index contributed by atoms with van der Waals surface area (Å²) in [6.07, 6.45) is 5.56. The first-order valence-corrected chi connectivity index (χ1v) is 6.66. The summed E-state index contributed by atoms with van der Waals surface area (Å²) in [4.78, 5) is 0. The molecule has 1 unspecified atom stereocenters. The average molecular weight is 258 g/mol. The molecule has 0 aliphatic rings. The van der Waals surface area contributed by atoms with Crippen LogP contribution in [0.15, 0.2) is 18.2 Å². The van der Waals surface area contributed by atoms with Crippen molar-refractivity contribution in [2.45, 2.75) is 45.1 Å². The zero-order valence-corrected chi connectivity index (χ0v) is 11.4. The normalized spacial score (nSPS) is 12.7. The van der Waals surface area contributed by atoms with E-state index >= 15 is 0 Å². The first-order valence-electron chi connectivity index (χ1n) is 6.28. The summed E-state index contributed by atoms with van der Waals surface area (Å²) in [7, 11) is 1.95. The minimum absolute atomic E-state index is 0.215. The maximum Gasteiger partial charge on any atom is 0.123 e. The van der Waals surface area contributed by atoms with E-state index in [1.165, 1.54) is 31.4 Å². The molecule has 3 heteroatoms. The van der Waals surface area contributed by atoms with Crippen LogP contribution in [0, 0.1) is 5.82 Å². The number of unbranched alkanes of at least 4 members (excludes halogenated alkanes) is 2. The molecule has 1 aromatic rings. The van der Waals surface area contributed by atoms with Gasteiger partial charge in [0, 0.05) is 11.1 Å². The van der Waals surface area contributed by atoms with E-state index in [4.69, 9.17) is 11.6 Å². The molecule has 0 aromatic heterocycles. The van der Waals surface area contributed by atoms with Gasteiger partial charge in [0.05, 0.1) is 0 Å². The zero-order chi connectivity index (χ0) is 12.7. The van der Waals surface area contributed by atoms with E-state index in [9.17, 15) is 4.39 Å². The van der Waals surface area contributed by atoms with E-state index < -0.39 is 0 Å². The lowest BCUT2D eigenvalue weighted by molar-refractivity contribution is 0.489. The highest BCUT2D eigenvalue weighted by molar-refractivity contribution is 6.31. The quantitative estimate of drug-likeness (QED) is 0.723. The molecule has 0 fully saturated rings. The lowest BCUT2D eigenvalue weighted by atomic mass is 10.0. The molecule has 17 heavy (non-hydrogen) atoms. The van der Waals surface area contributed by atoms with Gasteiger partial charge in [0.15, 0.2) is 0 Å². The van der Waals surface area contributed by atoms with Crippen molar-refractivity contribution >= 4 is 11.6 Å². The molecular weight excluding hydrogens is 237 g/mol. The number of halogens is 2. The molecule has 0 saturated heterocycles. The van der Waals surface area contributed by atoms with Gasteiger partial charge in [0.1, 0.15) is 5.82 Å². The van der Waals surface area contributed by atoms with Crippen molar-refractivity contribution in [1.82, 2.24) is 5.32 Å². The maximum atomic E-state index is 13.1. The summed E-state index contributed by atoms with van der Waals surface area (Å²) >= 11 is 6.06. The van der Waals surface area contributed by atoms with E-state index in [1.807, 2.05) is 7.05 Å². The molecule has 0 heterocycles. The minimum atomic E-state index is -0.215. The predicted octanol–water partition coefficient (Wildman–Crippen LogP) is 4.19. The Labute approximate surface area is 108 Å². The fourth-order valence-electron chi connectivity index (χ4n) is 1.95. The molecule has 0 radical (unpaired) electrons. The second-order valence-corrected chi connectivity index (χ2v) is 4.83. The number of hydrogen-bond acceptors (Lipinski definition) is 1. The van der Waals surface area contributed by atoms with Gasteiger partial charge in [-0.2, -0.15) is 0 Å². The summed E-state index contributed by atoms with van der Waals surface area (Å²) in [6, 6.07) is 4.94. The van der Waals surface area contributed by atoms with Gasteiger partial charge in [-0.3, -0.25) is 0 Å². The molecule has 1 atom stereocenters. The van der Waals surface area contributed by atoms with E-state index in [0.717, 1.165) is 18.4 Å². The minimum Gasteiger partial charge on any atom is -0.317 e. The van der Waals surface area contributed by atoms with Crippen molar-refractivity contribution in [3.05, 3.63) is 34.6 Å². The highest BCUT2D eigenvalue weighted by atomic mass is 35.5. The Morgan fingerprint density at radius 1 is 1.35 bits per heavy atom. The van der Waals surface area contributed by atoms with Crippen molar-refractivity contribution < 1.29 is 4.39 Å². The molecule has 0 aliphatic heterocycles. The Morgan fingerprint density at radius 2 is 2.12 bits per heavy atom. The van der Waals surface area contributed by atoms with Crippen molar-refractivity contribution in [3.63, 3.8) is 0 Å². The Hall–Kier alpha value is -0.600. The summed E-state index contributed by atoms with van der Waals surface area (Å²) in [6.45, 7) is 2.19. The van der Waals surface area contributed by atoms with Gasteiger partial charge in [-0.15, -0.1) is 0 Å². The summed E-state index contributed by atoms with van der Waals surface area (Å²) in [5, 5.41) is 3.93. The third-order valence-electron chi connectivity index (χ3n) is 3.04. The SMILES string of the molecule is CCCCCC(Cc1cc(F)ccc1Cl)NC. The van der Waals surface area contributed by atoms with E-state index in [2.05, 4.69) is 12.2 Å². The molecule has 1 N–H and O–H groups in total. The average Bonchev–Trinajstić information content (AvgIpc) is 2.32. The van der Waals surface area contributed by atoms with Gasteiger partial charge in [-0.1, -0.05) is 37.8 Å². The Kier molecular flexibility index (Phi) is 6.53. The highest BCUT2D eigenvalue weighted by Crippen LogP contribution is 2.20. The van der Waals surface area contributed by atoms with Crippen LogP contribution in [-0.4, -0.2) is 13.1 Å². The van der Waals surface area contributed by atoms with Crippen LogP contribution in [-0.2, 0) is 6.42 Å². The van der Waals surface area contributed by atoms with Gasteiger partial charge < -0.3 is 5.32 Å². The molecular formula is C14H21ClFN. The molecule has 0 saturated carbocycles. The number of nitrogens with one attached hydrogen (secondary N) is 1. The summed E-state index contributed by atoms with van der Waals surface area (Å²) in [5.41, 5.74) is 0.891. The smallest absolute Gasteiger partial charge is 0.123 e. The van der Waals surface area contributed by atoms with Gasteiger partial charge in [0.25, 0.3) is 0 Å². The standard InChI is InChI=1S/C14H21ClFN/c1-3-4-5-6-13(17-2)10-11-9-12(16)7-8-14(11)15/h7-9,13,17H,3-6,10H2,1-2H3. The van der Waals surface area contributed by atoms with Crippen LogP contribution in [0.2, 0.25) is 5.02 Å². The van der Waals surface area contributed by atoms with Crippen LogP contribution in [0.4, 0.5) is 4.39 Å². The molecule has 0 amide bonds. The molecule has 0 bridgehead atoms. The fourth-order valence-corrected chi connectivity index (χ4v) is 2.15. The molecule has 0 aliphatic carbocycles. The largest absolute Gasteiger partial charge is 0.317 e. The van der Waals surface area contributed by atoms with Crippen LogP contribution < -0.4 is 5.32 Å².